The van der Waals surface area contributed by atoms with E-state index in [0.29, 0.717) is 24.2 Å². The molecule has 0 aromatic heterocycles. The van der Waals surface area contributed by atoms with Crippen LogP contribution in [0, 0.1) is 40.9 Å². The van der Waals surface area contributed by atoms with E-state index in [-0.39, 0.29) is 30.1 Å². The topological polar surface area (TPSA) is 20.2 Å². The number of hydrogen-bond donors (Lipinski definition) is 1. The maximum Gasteiger partial charge on any atom is 0.251 e. The lowest BCUT2D eigenvalue weighted by molar-refractivity contribution is -0.209. The van der Waals surface area contributed by atoms with Gasteiger partial charge in [0.05, 0.1) is 5.60 Å². The highest BCUT2D eigenvalue weighted by Crippen LogP contribution is 2.67. The monoisotopic (exact) mass is 430 g/mol. The maximum absolute atomic E-state index is 15.2. The maximum atomic E-state index is 15.2. The van der Waals surface area contributed by atoms with Gasteiger partial charge in [0, 0.05) is 17.7 Å². The largest absolute Gasteiger partial charge is 0.390 e. The molecule has 0 bridgehead atoms. The molecule has 1 N–H and O–H groups in total. The zero-order valence-electron chi connectivity index (χ0n) is 16.1. The highest BCUT2D eigenvalue weighted by atomic mass is 79.9. The molecule has 26 heavy (non-hydrogen) atoms. The minimum atomic E-state index is -2.63. The summed E-state index contributed by atoms with van der Waals surface area (Å²) in [6, 6.07) is 0. The van der Waals surface area contributed by atoms with Crippen molar-refractivity contribution in [3.63, 3.8) is 0 Å². The van der Waals surface area contributed by atoms with Gasteiger partial charge in [-0.2, -0.15) is 0 Å². The second kappa shape index (κ2) is 6.27. The SMILES string of the molecule is C=C(CBr)[C@H]1CC[C@H]2[C@@H]3CC(F)(F)[C@@H]4C[C@@](C)(O)CC[C@@H]4[C@H]3CC[C@]12C. The lowest BCUT2D eigenvalue weighted by atomic mass is 9.48. The number of halogens is 3. The average molecular weight is 431 g/mol. The van der Waals surface area contributed by atoms with Crippen LogP contribution in [0.25, 0.3) is 0 Å². The van der Waals surface area contributed by atoms with Gasteiger partial charge in [0.2, 0.25) is 0 Å². The minimum absolute atomic E-state index is 0.0443. The Morgan fingerprint density at radius 1 is 1.00 bits per heavy atom. The molecule has 4 fully saturated rings. The fourth-order valence-electron chi connectivity index (χ4n) is 7.75. The van der Waals surface area contributed by atoms with E-state index in [4.69, 9.17) is 0 Å². The summed E-state index contributed by atoms with van der Waals surface area (Å²) in [7, 11) is 0. The van der Waals surface area contributed by atoms with Crippen LogP contribution in [-0.2, 0) is 0 Å². The predicted octanol–water partition coefficient (Wildman–Crippen LogP) is 6.20. The van der Waals surface area contributed by atoms with Gasteiger partial charge in [0.15, 0.2) is 0 Å². The second-order valence-electron chi connectivity index (χ2n) is 10.4. The van der Waals surface area contributed by atoms with Gasteiger partial charge in [0.1, 0.15) is 0 Å². The first kappa shape index (κ1) is 19.4. The number of allylic oxidation sites excluding steroid dienone is 1. The Labute approximate surface area is 165 Å². The molecule has 0 aliphatic heterocycles. The van der Waals surface area contributed by atoms with E-state index >= 15 is 8.78 Å². The summed E-state index contributed by atoms with van der Waals surface area (Å²) in [4.78, 5) is 0. The van der Waals surface area contributed by atoms with Gasteiger partial charge in [-0.05, 0) is 86.9 Å². The van der Waals surface area contributed by atoms with Gasteiger partial charge >= 0.3 is 0 Å². The van der Waals surface area contributed by atoms with Crippen molar-refractivity contribution in [2.75, 3.05) is 5.33 Å². The lowest BCUT2D eigenvalue weighted by Gasteiger charge is -2.58. The standard InChI is InChI=1S/C22H33BrF2O/c1-13(12-23)17-4-5-18-16-10-22(24,25)19-11-20(2,26)8-6-15(19)14(16)7-9-21(17,18)3/h14-19,26H,1,4-12H2,2-3H3/t14-,15-,16-,17-,18+,19-,20+,21-/m1/s1. The van der Waals surface area contributed by atoms with Crippen LogP contribution in [0.1, 0.15) is 65.2 Å². The quantitative estimate of drug-likeness (QED) is 0.408. The molecule has 0 amide bonds. The van der Waals surface area contributed by atoms with E-state index in [2.05, 4.69) is 29.4 Å². The van der Waals surface area contributed by atoms with Crippen molar-refractivity contribution in [1.82, 2.24) is 0 Å². The molecular formula is C22H33BrF2O. The average Bonchev–Trinajstić information content (AvgIpc) is 2.91. The lowest BCUT2D eigenvalue weighted by Crippen LogP contribution is -2.57. The van der Waals surface area contributed by atoms with Crippen molar-refractivity contribution in [3.8, 4) is 0 Å². The molecule has 4 heteroatoms. The first-order valence-corrected chi connectivity index (χ1v) is 11.5. The van der Waals surface area contributed by atoms with Gasteiger partial charge in [-0.1, -0.05) is 35.0 Å². The zero-order valence-corrected chi connectivity index (χ0v) is 17.7. The third kappa shape index (κ3) is 2.84. The first-order valence-electron chi connectivity index (χ1n) is 10.4. The Balaban J connectivity index is 1.63. The first-order chi connectivity index (χ1) is 12.1. The Bertz CT molecular complexity index is 589. The highest BCUT2D eigenvalue weighted by molar-refractivity contribution is 9.09. The predicted molar refractivity (Wildman–Crippen MR) is 104 cm³/mol. The van der Waals surface area contributed by atoms with Crippen LogP contribution in [0.15, 0.2) is 12.2 Å². The van der Waals surface area contributed by atoms with Crippen molar-refractivity contribution in [3.05, 3.63) is 12.2 Å². The molecule has 0 heterocycles. The summed E-state index contributed by atoms with van der Waals surface area (Å²) < 4.78 is 30.4. The van der Waals surface area contributed by atoms with Crippen LogP contribution in [0.5, 0.6) is 0 Å². The van der Waals surface area contributed by atoms with Gasteiger partial charge in [-0.25, -0.2) is 8.78 Å². The van der Waals surface area contributed by atoms with E-state index in [9.17, 15) is 5.11 Å². The molecule has 0 unspecified atom stereocenters. The molecule has 148 valence electrons. The Hall–Kier alpha value is 0.0400. The van der Waals surface area contributed by atoms with E-state index in [1.165, 1.54) is 5.57 Å². The normalized spacial score (nSPS) is 52.7. The summed E-state index contributed by atoms with van der Waals surface area (Å²) in [6.45, 7) is 8.39. The smallest absolute Gasteiger partial charge is 0.251 e. The minimum Gasteiger partial charge on any atom is -0.390 e. The van der Waals surface area contributed by atoms with E-state index < -0.39 is 17.4 Å². The fourth-order valence-corrected chi connectivity index (χ4v) is 8.14. The molecule has 0 aromatic rings. The molecule has 0 radical (unpaired) electrons. The van der Waals surface area contributed by atoms with Crippen molar-refractivity contribution in [2.24, 2.45) is 40.9 Å². The van der Waals surface area contributed by atoms with Crippen molar-refractivity contribution in [1.29, 1.82) is 0 Å². The molecule has 0 saturated heterocycles. The van der Waals surface area contributed by atoms with Crippen LogP contribution >= 0.6 is 15.9 Å². The van der Waals surface area contributed by atoms with Gasteiger partial charge in [0.25, 0.3) is 5.92 Å². The highest BCUT2D eigenvalue weighted by Gasteiger charge is 2.63. The molecule has 1 nitrogen and oxygen atoms in total. The second-order valence-corrected chi connectivity index (χ2v) is 10.9. The Kier molecular flexibility index (Phi) is 4.67. The van der Waals surface area contributed by atoms with Crippen LogP contribution in [-0.4, -0.2) is 22.0 Å². The number of rotatable bonds is 2. The molecule has 4 aliphatic rings. The number of aliphatic hydroxyl groups is 1. The van der Waals surface area contributed by atoms with E-state index in [0.717, 1.165) is 37.4 Å². The number of alkyl halides is 3. The molecule has 8 atom stereocenters. The van der Waals surface area contributed by atoms with Crippen molar-refractivity contribution < 1.29 is 13.9 Å². The molecule has 4 aliphatic carbocycles. The van der Waals surface area contributed by atoms with Crippen molar-refractivity contribution in [2.45, 2.75) is 76.7 Å². The Morgan fingerprint density at radius 2 is 1.69 bits per heavy atom. The van der Waals surface area contributed by atoms with E-state index in [1.807, 2.05) is 0 Å². The van der Waals surface area contributed by atoms with Crippen molar-refractivity contribution >= 4 is 15.9 Å². The zero-order chi connectivity index (χ0) is 18.9. The summed E-state index contributed by atoms with van der Waals surface area (Å²) in [5.41, 5.74) is 0.490. The fraction of sp³-hybridized carbons (Fsp3) is 0.909. The van der Waals surface area contributed by atoms with Gasteiger partial charge in [-0.15, -0.1) is 0 Å². The molecule has 0 aromatic carbocycles. The van der Waals surface area contributed by atoms with Crippen LogP contribution in [0.4, 0.5) is 8.78 Å². The molecule has 4 rings (SSSR count). The van der Waals surface area contributed by atoms with Crippen LogP contribution in [0.2, 0.25) is 0 Å². The molecule has 4 saturated carbocycles. The third-order valence-electron chi connectivity index (χ3n) is 8.95. The van der Waals surface area contributed by atoms with Gasteiger partial charge in [-0.3, -0.25) is 0 Å². The van der Waals surface area contributed by atoms with Gasteiger partial charge < -0.3 is 5.11 Å². The molecule has 0 spiro atoms. The van der Waals surface area contributed by atoms with Crippen LogP contribution in [0.3, 0.4) is 0 Å². The summed E-state index contributed by atoms with van der Waals surface area (Å²) in [5, 5.41) is 11.2. The number of fused-ring (bicyclic) bond motifs is 5. The van der Waals surface area contributed by atoms with E-state index in [1.54, 1.807) is 6.92 Å². The molecular weight excluding hydrogens is 398 g/mol. The van der Waals surface area contributed by atoms with Crippen LogP contribution < -0.4 is 0 Å². The summed E-state index contributed by atoms with van der Waals surface area (Å²) in [5.74, 6) is -1.66. The Morgan fingerprint density at radius 3 is 2.38 bits per heavy atom. The third-order valence-corrected chi connectivity index (χ3v) is 9.67. The summed E-state index contributed by atoms with van der Waals surface area (Å²) in [6.07, 6.45) is 6.21. The summed E-state index contributed by atoms with van der Waals surface area (Å²) >= 11 is 3.57. The number of hydrogen-bond acceptors (Lipinski definition) is 1.